The van der Waals surface area contributed by atoms with Crippen LogP contribution in [0.1, 0.15) is 128 Å². The Morgan fingerprint density at radius 3 is 2.39 bits per heavy atom. The number of hydrogen-bond acceptors (Lipinski definition) is 4. The number of rotatable bonds is 16. The van der Waals surface area contributed by atoms with Gasteiger partial charge in [-0.25, -0.2) is 0 Å². The molecule has 2 aliphatic carbocycles. The minimum absolute atomic E-state index is 0.164. The SMILES string of the molecule is CCC/C=C/C(=O)CCc1cc(OC2CCCC2)c(O)c([C@H](CCOC2CCCC2)CCC(C)C)c1. The van der Waals surface area contributed by atoms with E-state index in [0.717, 1.165) is 62.7 Å². The maximum absolute atomic E-state index is 12.4. The van der Waals surface area contributed by atoms with Crippen molar-refractivity contribution in [1.29, 1.82) is 0 Å². The van der Waals surface area contributed by atoms with Gasteiger partial charge in [0.15, 0.2) is 17.3 Å². The number of carbonyl (C=O) groups is 1. The molecule has 2 aliphatic rings. The van der Waals surface area contributed by atoms with E-state index in [9.17, 15) is 9.90 Å². The van der Waals surface area contributed by atoms with Crippen molar-refractivity contribution in [1.82, 2.24) is 0 Å². The molecule has 0 aromatic heterocycles. The number of ether oxygens (including phenoxy) is 2. The highest BCUT2D eigenvalue weighted by molar-refractivity contribution is 5.89. The molecule has 202 valence electrons. The average Bonchev–Trinajstić information content (AvgIpc) is 3.56. The summed E-state index contributed by atoms with van der Waals surface area (Å²) < 4.78 is 12.6. The van der Waals surface area contributed by atoms with Gasteiger partial charge < -0.3 is 14.6 Å². The molecular formula is C32H50O4. The monoisotopic (exact) mass is 498 g/mol. The molecule has 0 unspecified atom stereocenters. The number of phenolic OH excluding ortho intramolecular Hbond substituents is 1. The molecule has 1 atom stereocenters. The summed E-state index contributed by atoms with van der Waals surface area (Å²) in [5.41, 5.74) is 2.06. The number of ketones is 1. The zero-order chi connectivity index (χ0) is 25.8. The lowest BCUT2D eigenvalue weighted by Crippen LogP contribution is -2.14. The molecule has 0 heterocycles. The van der Waals surface area contributed by atoms with E-state index >= 15 is 0 Å². The van der Waals surface area contributed by atoms with Crippen LogP contribution >= 0.6 is 0 Å². The molecule has 36 heavy (non-hydrogen) atoms. The summed E-state index contributed by atoms with van der Waals surface area (Å²) in [6.07, 6.45) is 19.8. The molecule has 0 bridgehead atoms. The highest BCUT2D eigenvalue weighted by Gasteiger charge is 2.24. The Kier molecular flexibility index (Phi) is 12.3. The van der Waals surface area contributed by atoms with Crippen LogP contribution in [-0.4, -0.2) is 29.7 Å². The minimum Gasteiger partial charge on any atom is -0.504 e. The Balaban J connectivity index is 1.79. The zero-order valence-electron chi connectivity index (χ0n) is 23.1. The average molecular weight is 499 g/mol. The summed E-state index contributed by atoms with van der Waals surface area (Å²) in [5.74, 6) is 1.90. The van der Waals surface area contributed by atoms with E-state index in [0.29, 0.717) is 36.4 Å². The van der Waals surface area contributed by atoms with Crippen molar-refractivity contribution in [3.63, 3.8) is 0 Å². The van der Waals surface area contributed by atoms with E-state index in [4.69, 9.17) is 9.47 Å². The molecular weight excluding hydrogens is 448 g/mol. The van der Waals surface area contributed by atoms with Gasteiger partial charge in [-0.2, -0.15) is 0 Å². The van der Waals surface area contributed by atoms with E-state index in [1.807, 2.05) is 12.1 Å². The van der Waals surface area contributed by atoms with Gasteiger partial charge >= 0.3 is 0 Å². The second kappa shape index (κ2) is 15.4. The first-order valence-corrected chi connectivity index (χ1v) is 14.8. The molecule has 1 N–H and O–H groups in total. The number of phenols is 1. The molecule has 1 aromatic rings. The Labute approximate surface area is 219 Å². The molecule has 0 saturated heterocycles. The predicted octanol–water partition coefficient (Wildman–Crippen LogP) is 8.44. The maximum atomic E-state index is 12.4. The molecule has 4 heteroatoms. The van der Waals surface area contributed by atoms with Crippen molar-refractivity contribution in [3.05, 3.63) is 35.4 Å². The van der Waals surface area contributed by atoms with Crippen LogP contribution < -0.4 is 4.74 Å². The number of aromatic hydroxyl groups is 1. The third kappa shape index (κ3) is 9.57. The molecule has 0 radical (unpaired) electrons. The fourth-order valence-electron chi connectivity index (χ4n) is 5.57. The lowest BCUT2D eigenvalue weighted by molar-refractivity contribution is -0.114. The van der Waals surface area contributed by atoms with Crippen molar-refractivity contribution in [3.8, 4) is 11.5 Å². The highest BCUT2D eigenvalue weighted by atomic mass is 16.5. The summed E-state index contributed by atoms with van der Waals surface area (Å²) in [4.78, 5) is 12.4. The predicted molar refractivity (Wildman–Crippen MR) is 148 cm³/mol. The molecule has 2 saturated carbocycles. The van der Waals surface area contributed by atoms with E-state index in [1.54, 1.807) is 6.08 Å². The van der Waals surface area contributed by atoms with Gasteiger partial charge in [-0.3, -0.25) is 4.79 Å². The molecule has 2 fully saturated rings. The molecule has 4 nitrogen and oxygen atoms in total. The van der Waals surface area contributed by atoms with Gasteiger partial charge in [-0.1, -0.05) is 58.6 Å². The van der Waals surface area contributed by atoms with Crippen LogP contribution in [0, 0.1) is 5.92 Å². The third-order valence-electron chi connectivity index (χ3n) is 7.83. The Morgan fingerprint density at radius 2 is 1.72 bits per heavy atom. The largest absolute Gasteiger partial charge is 0.504 e. The van der Waals surface area contributed by atoms with Crippen LogP contribution in [0.2, 0.25) is 0 Å². The topological polar surface area (TPSA) is 55.8 Å². The first-order valence-electron chi connectivity index (χ1n) is 14.8. The third-order valence-corrected chi connectivity index (χ3v) is 7.83. The number of aryl methyl sites for hydroxylation is 1. The lowest BCUT2D eigenvalue weighted by Gasteiger charge is -2.24. The van der Waals surface area contributed by atoms with Gasteiger partial charge in [0.1, 0.15) is 0 Å². The lowest BCUT2D eigenvalue weighted by atomic mass is 9.86. The molecule has 3 rings (SSSR count). The minimum atomic E-state index is 0.164. The van der Waals surface area contributed by atoms with Gasteiger partial charge in [-0.05, 0) is 93.7 Å². The van der Waals surface area contributed by atoms with Crippen LogP contribution in [0.3, 0.4) is 0 Å². The van der Waals surface area contributed by atoms with Gasteiger partial charge in [0, 0.05) is 18.6 Å². The summed E-state index contributed by atoms with van der Waals surface area (Å²) in [5, 5.41) is 11.4. The number of hydrogen-bond donors (Lipinski definition) is 1. The van der Waals surface area contributed by atoms with E-state index in [-0.39, 0.29) is 17.8 Å². The Hall–Kier alpha value is -1.81. The smallest absolute Gasteiger partial charge is 0.161 e. The van der Waals surface area contributed by atoms with Gasteiger partial charge in [-0.15, -0.1) is 0 Å². The van der Waals surface area contributed by atoms with Crippen LogP contribution in [-0.2, 0) is 16.0 Å². The molecule has 0 aliphatic heterocycles. The van der Waals surface area contributed by atoms with Gasteiger partial charge in [0.05, 0.1) is 12.2 Å². The second-order valence-corrected chi connectivity index (χ2v) is 11.4. The van der Waals surface area contributed by atoms with E-state index < -0.39 is 0 Å². The summed E-state index contributed by atoms with van der Waals surface area (Å²) in [7, 11) is 0. The molecule has 0 amide bonds. The van der Waals surface area contributed by atoms with Crippen molar-refractivity contribution in [2.75, 3.05) is 6.61 Å². The summed E-state index contributed by atoms with van der Waals surface area (Å²) in [6.45, 7) is 7.37. The Bertz CT molecular complexity index is 816. The second-order valence-electron chi connectivity index (χ2n) is 11.4. The number of carbonyl (C=O) groups excluding carboxylic acids is 1. The van der Waals surface area contributed by atoms with Crippen molar-refractivity contribution >= 4 is 5.78 Å². The van der Waals surface area contributed by atoms with Crippen molar-refractivity contribution in [2.24, 2.45) is 5.92 Å². The fourth-order valence-corrected chi connectivity index (χ4v) is 5.57. The number of unbranched alkanes of at least 4 members (excludes halogenated alkanes) is 1. The first-order chi connectivity index (χ1) is 17.5. The first kappa shape index (κ1) is 28.8. The quantitative estimate of drug-likeness (QED) is 0.232. The van der Waals surface area contributed by atoms with Crippen LogP contribution in [0.15, 0.2) is 24.3 Å². The Morgan fingerprint density at radius 1 is 1.03 bits per heavy atom. The number of benzene rings is 1. The van der Waals surface area contributed by atoms with Crippen molar-refractivity contribution < 1.29 is 19.4 Å². The summed E-state index contributed by atoms with van der Waals surface area (Å²) in [6, 6.07) is 4.12. The van der Waals surface area contributed by atoms with Gasteiger partial charge in [0.2, 0.25) is 0 Å². The van der Waals surface area contributed by atoms with Crippen molar-refractivity contribution in [2.45, 2.75) is 135 Å². The normalized spacial score (nSPS) is 18.0. The molecule has 0 spiro atoms. The zero-order valence-corrected chi connectivity index (χ0v) is 23.1. The van der Waals surface area contributed by atoms with E-state index in [2.05, 4.69) is 26.8 Å². The summed E-state index contributed by atoms with van der Waals surface area (Å²) >= 11 is 0. The van der Waals surface area contributed by atoms with Crippen LogP contribution in [0.25, 0.3) is 0 Å². The fraction of sp³-hybridized carbons (Fsp3) is 0.719. The van der Waals surface area contributed by atoms with Crippen LogP contribution in [0.4, 0.5) is 0 Å². The maximum Gasteiger partial charge on any atom is 0.161 e. The standard InChI is InChI=1S/C32H50O4/c1-4-5-6-11-27(33)19-17-25-22-30(32(34)31(23-25)36-29-14-9-10-15-29)26(18-16-24(2)3)20-21-35-28-12-7-8-13-28/h6,11,22-24,26,28-29,34H,4-5,7-10,12-21H2,1-3H3/b11-6+/t26-/m0/s1. The number of allylic oxidation sites excluding steroid dienone is 2. The highest BCUT2D eigenvalue weighted by Crippen LogP contribution is 2.41. The molecule has 1 aromatic carbocycles. The van der Waals surface area contributed by atoms with E-state index in [1.165, 1.54) is 38.5 Å². The van der Waals surface area contributed by atoms with Gasteiger partial charge in [0.25, 0.3) is 0 Å². The van der Waals surface area contributed by atoms with Crippen LogP contribution in [0.5, 0.6) is 11.5 Å².